The van der Waals surface area contributed by atoms with Crippen molar-refractivity contribution >= 4 is 69.1 Å². The van der Waals surface area contributed by atoms with E-state index in [1.807, 2.05) is 6.26 Å². The number of nitrogens with one attached hydrogen (secondary N) is 1. The maximum atomic E-state index is 6.43. The fourth-order valence-corrected chi connectivity index (χ4v) is 3.50. The predicted octanol–water partition coefficient (Wildman–Crippen LogP) is 5.39. The normalized spacial score (nSPS) is 10.3. The van der Waals surface area contributed by atoms with E-state index >= 15 is 0 Å². The van der Waals surface area contributed by atoms with Crippen LogP contribution in [0.4, 0.5) is 11.8 Å². The van der Waals surface area contributed by atoms with Crippen molar-refractivity contribution in [1.29, 1.82) is 0 Å². The summed E-state index contributed by atoms with van der Waals surface area (Å²) in [6, 6.07) is 0. The molecular weight excluding hydrogens is 502 g/mol. The first-order valence-electron chi connectivity index (χ1n) is 8.93. The van der Waals surface area contributed by atoms with Gasteiger partial charge in [0.05, 0.1) is 4.90 Å². The van der Waals surface area contributed by atoms with Gasteiger partial charge in [-0.2, -0.15) is 9.97 Å². The van der Waals surface area contributed by atoms with E-state index in [4.69, 9.17) is 16.6 Å². The van der Waals surface area contributed by atoms with E-state index in [1.165, 1.54) is 0 Å². The molecule has 1 N–H and O–H groups in total. The SMILES string of the molecule is Br.Br.CCCN(CCC)c1nc(Cl)c(SC)c(NCCN(CC)CC)n1. The molecule has 26 heavy (non-hydrogen) atoms. The molecule has 0 aliphatic carbocycles. The molecule has 0 aliphatic heterocycles. The molecule has 0 atom stereocenters. The van der Waals surface area contributed by atoms with Crippen molar-refractivity contribution in [3.05, 3.63) is 5.15 Å². The van der Waals surface area contributed by atoms with Crippen molar-refractivity contribution in [2.45, 2.75) is 45.4 Å². The number of rotatable bonds is 12. The fraction of sp³-hybridized carbons (Fsp3) is 0.765. The largest absolute Gasteiger partial charge is 0.368 e. The third kappa shape index (κ3) is 8.95. The average molecular weight is 536 g/mol. The molecule has 0 amide bonds. The number of thioether (sulfide) groups is 1. The standard InChI is InChI=1S/C17H32ClN5S.2BrH/c1-6-11-23(12-7-2)17-20-15(18)14(24-5)16(21-17)19-10-13-22(8-3)9-4;;/h6-13H2,1-5H3,(H,19,20,21);2*1H. The number of aromatic nitrogens is 2. The van der Waals surface area contributed by atoms with E-state index < -0.39 is 0 Å². The van der Waals surface area contributed by atoms with Crippen molar-refractivity contribution in [3.8, 4) is 0 Å². The van der Waals surface area contributed by atoms with Crippen molar-refractivity contribution in [2.24, 2.45) is 0 Å². The van der Waals surface area contributed by atoms with E-state index in [1.54, 1.807) is 11.8 Å². The summed E-state index contributed by atoms with van der Waals surface area (Å²) in [7, 11) is 0. The Kier molecular flexibility index (Phi) is 17.7. The van der Waals surface area contributed by atoms with Crippen molar-refractivity contribution in [1.82, 2.24) is 14.9 Å². The molecule has 0 spiro atoms. The number of likely N-dealkylation sites (N-methyl/N-ethyl adjacent to an activating group) is 1. The maximum Gasteiger partial charge on any atom is 0.228 e. The van der Waals surface area contributed by atoms with Gasteiger partial charge in [0.15, 0.2) is 0 Å². The van der Waals surface area contributed by atoms with Gasteiger partial charge in [-0.3, -0.25) is 0 Å². The molecule has 0 fully saturated rings. The van der Waals surface area contributed by atoms with Crippen LogP contribution in [0.5, 0.6) is 0 Å². The number of nitrogens with zero attached hydrogens (tertiary/aromatic N) is 4. The van der Waals surface area contributed by atoms with E-state index in [0.29, 0.717) is 5.15 Å². The van der Waals surface area contributed by atoms with Crippen LogP contribution < -0.4 is 10.2 Å². The highest BCUT2D eigenvalue weighted by atomic mass is 79.9. The Morgan fingerprint density at radius 2 is 1.54 bits per heavy atom. The quantitative estimate of drug-likeness (QED) is 0.286. The Morgan fingerprint density at radius 1 is 0.962 bits per heavy atom. The van der Waals surface area contributed by atoms with Crippen LogP contribution in [0.25, 0.3) is 0 Å². The second kappa shape index (κ2) is 16.2. The van der Waals surface area contributed by atoms with E-state index in [-0.39, 0.29) is 34.0 Å². The van der Waals surface area contributed by atoms with Gasteiger partial charge in [-0.1, -0.05) is 39.3 Å². The topological polar surface area (TPSA) is 44.3 Å². The number of halogens is 3. The minimum absolute atomic E-state index is 0. The van der Waals surface area contributed by atoms with E-state index in [2.05, 4.69) is 47.8 Å². The van der Waals surface area contributed by atoms with E-state index in [9.17, 15) is 0 Å². The van der Waals surface area contributed by atoms with Crippen LogP contribution in [0.1, 0.15) is 40.5 Å². The molecule has 1 rings (SSSR count). The molecular formula is C17H34Br2ClN5S. The summed E-state index contributed by atoms with van der Waals surface area (Å²) in [5.41, 5.74) is 0. The number of hydrogen-bond donors (Lipinski definition) is 1. The summed E-state index contributed by atoms with van der Waals surface area (Å²) < 4.78 is 0. The highest BCUT2D eigenvalue weighted by Gasteiger charge is 2.16. The van der Waals surface area contributed by atoms with Crippen LogP contribution in [-0.4, -0.2) is 60.4 Å². The summed E-state index contributed by atoms with van der Waals surface area (Å²) in [6.07, 6.45) is 4.14. The summed E-state index contributed by atoms with van der Waals surface area (Å²) in [4.78, 5) is 14.8. The van der Waals surface area contributed by atoms with Gasteiger partial charge in [0, 0.05) is 26.2 Å². The Hall–Kier alpha value is 0.240. The van der Waals surface area contributed by atoms with Gasteiger partial charge in [0.1, 0.15) is 11.0 Å². The lowest BCUT2D eigenvalue weighted by Crippen LogP contribution is -2.30. The lowest BCUT2D eigenvalue weighted by molar-refractivity contribution is 0.316. The minimum atomic E-state index is 0. The van der Waals surface area contributed by atoms with Crippen LogP contribution in [0.3, 0.4) is 0 Å². The zero-order chi connectivity index (χ0) is 17.9. The third-order valence-corrected chi connectivity index (χ3v) is 5.08. The van der Waals surface area contributed by atoms with Crippen molar-refractivity contribution < 1.29 is 0 Å². The molecule has 9 heteroatoms. The number of anilines is 2. The third-order valence-electron chi connectivity index (χ3n) is 3.90. The molecule has 5 nitrogen and oxygen atoms in total. The lowest BCUT2D eigenvalue weighted by atomic mass is 10.3. The van der Waals surface area contributed by atoms with Gasteiger partial charge in [0.25, 0.3) is 0 Å². The van der Waals surface area contributed by atoms with Gasteiger partial charge in [0.2, 0.25) is 5.95 Å². The molecule has 154 valence electrons. The first-order chi connectivity index (χ1) is 11.6. The molecule has 0 aliphatic rings. The first-order valence-corrected chi connectivity index (χ1v) is 10.5. The summed E-state index contributed by atoms with van der Waals surface area (Å²) in [5.74, 6) is 1.58. The van der Waals surface area contributed by atoms with Gasteiger partial charge >= 0.3 is 0 Å². The Bertz CT molecular complexity index is 486. The van der Waals surface area contributed by atoms with Crippen LogP contribution in [-0.2, 0) is 0 Å². The van der Waals surface area contributed by atoms with Gasteiger partial charge in [-0.05, 0) is 32.2 Å². The highest BCUT2D eigenvalue weighted by Crippen LogP contribution is 2.32. The molecule has 0 bridgehead atoms. The summed E-state index contributed by atoms with van der Waals surface area (Å²) in [5, 5.41) is 4.00. The fourth-order valence-electron chi connectivity index (χ4n) is 2.58. The van der Waals surface area contributed by atoms with Crippen LogP contribution in [0.15, 0.2) is 4.90 Å². The average Bonchev–Trinajstić information content (AvgIpc) is 2.58. The van der Waals surface area contributed by atoms with E-state index in [0.717, 1.165) is 68.8 Å². The summed E-state index contributed by atoms with van der Waals surface area (Å²) in [6.45, 7) is 14.6. The monoisotopic (exact) mass is 533 g/mol. The van der Waals surface area contributed by atoms with Gasteiger partial charge < -0.3 is 15.1 Å². The van der Waals surface area contributed by atoms with Crippen LogP contribution in [0, 0.1) is 0 Å². The Morgan fingerprint density at radius 3 is 2.00 bits per heavy atom. The van der Waals surface area contributed by atoms with Gasteiger partial charge in [-0.25, -0.2) is 0 Å². The second-order valence-electron chi connectivity index (χ2n) is 5.64. The summed E-state index contributed by atoms with van der Waals surface area (Å²) >= 11 is 8.01. The molecule has 0 saturated carbocycles. The molecule has 1 heterocycles. The smallest absolute Gasteiger partial charge is 0.228 e. The van der Waals surface area contributed by atoms with Crippen LogP contribution in [0.2, 0.25) is 5.15 Å². The highest BCUT2D eigenvalue weighted by molar-refractivity contribution is 8.93. The van der Waals surface area contributed by atoms with Crippen molar-refractivity contribution in [2.75, 3.05) is 55.7 Å². The second-order valence-corrected chi connectivity index (χ2v) is 6.81. The number of hydrogen-bond acceptors (Lipinski definition) is 6. The first kappa shape index (κ1) is 28.4. The Balaban J connectivity index is 0. The van der Waals surface area contributed by atoms with Crippen molar-refractivity contribution in [3.63, 3.8) is 0 Å². The molecule has 1 aromatic heterocycles. The Labute approximate surface area is 189 Å². The lowest BCUT2D eigenvalue weighted by Gasteiger charge is -2.23. The minimum Gasteiger partial charge on any atom is -0.368 e. The predicted molar refractivity (Wildman–Crippen MR) is 129 cm³/mol. The zero-order valence-electron chi connectivity index (χ0n) is 16.5. The van der Waals surface area contributed by atoms with Gasteiger partial charge in [-0.15, -0.1) is 45.7 Å². The molecule has 1 aromatic rings. The zero-order valence-corrected chi connectivity index (χ0v) is 21.5. The molecule has 0 aromatic carbocycles. The molecule has 0 radical (unpaired) electrons. The maximum absolute atomic E-state index is 6.43. The van der Waals surface area contributed by atoms with Crippen LogP contribution >= 0.6 is 57.3 Å². The molecule has 0 saturated heterocycles. The molecule has 0 unspecified atom stereocenters.